The van der Waals surface area contributed by atoms with Gasteiger partial charge in [-0.05, 0) is 43.2 Å². The Morgan fingerprint density at radius 2 is 2.10 bits per heavy atom. The van der Waals surface area contributed by atoms with E-state index in [9.17, 15) is 9.18 Å². The predicted molar refractivity (Wildman–Crippen MR) is 109 cm³/mol. The lowest BCUT2D eigenvalue weighted by atomic mass is 10.2. The summed E-state index contributed by atoms with van der Waals surface area (Å²) >= 11 is 7.24. The molecule has 4 rings (SSSR count). The van der Waals surface area contributed by atoms with E-state index in [0.717, 1.165) is 12.8 Å². The third kappa shape index (κ3) is 4.26. The van der Waals surface area contributed by atoms with E-state index in [1.54, 1.807) is 30.3 Å². The number of benzene rings is 2. The number of hydrogen-bond acceptors (Lipinski definition) is 5. The van der Waals surface area contributed by atoms with E-state index in [4.69, 9.17) is 16.9 Å². The minimum atomic E-state index is -0.353. The van der Waals surface area contributed by atoms with Gasteiger partial charge in [0, 0.05) is 11.7 Å². The molecule has 3 aromatic rings. The smallest absolute Gasteiger partial charge is 0.234 e. The van der Waals surface area contributed by atoms with Crippen LogP contribution in [-0.4, -0.2) is 26.4 Å². The average Bonchev–Trinajstić information content (AvgIpc) is 3.46. The molecule has 2 aromatic carbocycles. The fraction of sp³-hybridized carbons (Fsp3) is 0.200. The summed E-state index contributed by atoms with van der Waals surface area (Å²) in [6, 6.07) is 13.4. The van der Waals surface area contributed by atoms with E-state index in [0.29, 0.717) is 27.8 Å². The summed E-state index contributed by atoms with van der Waals surface area (Å²) in [4.78, 5) is 12.3. The van der Waals surface area contributed by atoms with Crippen molar-refractivity contribution in [1.29, 1.82) is 5.26 Å². The highest BCUT2D eigenvalue weighted by molar-refractivity contribution is 7.99. The Morgan fingerprint density at radius 3 is 2.79 bits per heavy atom. The Bertz CT molecular complexity index is 1120. The molecule has 1 aliphatic rings. The first kappa shape index (κ1) is 19.4. The summed E-state index contributed by atoms with van der Waals surface area (Å²) in [6.07, 6.45) is 1.95. The maximum atomic E-state index is 14.2. The third-order valence-corrected chi connectivity index (χ3v) is 5.65. The number of anilines is 1. The molecular weight excluding hydrogens is 413 g/mol. The van der Waals surface area contributed by atoms with Crippen LogP contribution in [0.25, 0.3) is 11.4 Å². The van der Waals surface area contributed by atoms with Gasteiger partial charge in [-0.25, -0.2) is 4.39 Å². The Morgan fingerprint density at radius 1 is 1.31 bits per heavy atom. The zero-order valence-electron chi connectivity index (χ0n) is 15.1. The largest absolute Gasteiger partial charge is 0.325 e. The van der Waals surface area contributed by atoms with Gasteiger partial charge in [-0.1, -0.05) is 35.5 Å². The molecule has 1 saturated carbocycles. The van der Waals surface area contributed by atoms with Gasteiger partial charge in [-0.15, -0.1) is 10.2 Å². The summed E-state index contributed by atoms with van der Waals surface area (Å²) in [6.45, 7) is 0. The minimum Gasteiger partial charge on any atom is -0.325 e. The normalized spacial score (nSPS) is 13.1. The van der Waals surface area contributed by atoms with Crippen molar-refractivity contribution < 1.29 is 9.18 Å². The van der Waals surface area contributed by atoms with Crippen LogP contribution in [0.5, 0.6) is 0 Å². The van der Waals surface area contributed by atoms with Crippen molar-refractivity contribution in [2.24, 2.45) is 0 Å². The molecule has 146 valence electrons. The van der Waals surface area contributed by atoms with Gasteiger partial charge in [0.1, 0.15) is 11.9 Å². The van der Waals surface area contributed by atoms with Crippen LogP contribution < -0.4 is 5.32 Å². The molecule has 1 fully saturated rings. The molecule has 1 N–H and O–H groups in total. The zero-order chi connectivity index (χ0) is 20.4. The van der Waals surface area contributed by atoms with E-state index in [2.05, 4.69) is 15.5 Å². The number of carbonyl (C=O) groups is 1. The number of halogens is 2. The van der Waals surface area contributed by atoms with Crippen molar-refractivity contribution in [2.45, 2.75) is 24.0 Å². The summed E-state index contributed by atoms with van der Waals surface area (Å²) < 4.78 is 16.1. The van der Waals surface area contributed by atoms with Crippen LogP contribution in [0.1, 0.15) is 24.4 Å². The van der Waals surface area contributed by atoms with E-state index in [1.165, 1.54) is 23.9 Å². The zero-order valence-corrected chi connectivity index (χ0v) is 16.7. The first-order valence-electron chi connectivity index (χ1n) is 8.89. The van der Waals surface area contributed by atoms with Crippen LogP contribution in [0.4, 0.5) is 10.1 Å². The van der Waals surface area contributed by atoms with Gasteiger partial charge in [0.25, 0.3) is 0 Å². The van der Waals surface area contributed by atoms with E-state index >= 15 is 0 Å². The van der Waals surface area contributed by atoms with Crippen molar-refractivity contribution in [3.8, 4) is 17.5 Å². The SMILES string of the molecule is N#Cc1ccc(NC(=O)CSc2nnc(-c3ccccc3F)n2C2CC2)cc1Cl. The molecule has 1 heterocycles. The first-order valence-corrected chi connectivity index (χ1v) is 10.3. The highest BCUT2D eigenvalue weighted by atomic mass is 35.5. The van der Waals surface area contributed by atoms with E-state index < -0.39 is 0 Å². The summed E-state index contributed by atoms with van der Waals surface area (Å²) in [7, 11) is 0. The van der Waals surface area contributed by atoms with Crippen molar-refractivity contribution in [3.05, 3.63) is 58.9 Å². The molecule has 29 heavy (non-hydrogen) atoms. The summed E-state index contributed by atoms with van der Waals surface area (Å²) in [5, 5.41) is 20.9. The van der Waals surface area contributed by atoms with Gasteiger partial charge in [0.05, 0.1) is 21.9 Å². The fourth-order valence-corrected chi connectivity index (χ4v) is 3.90. The number of nitriles is 1. The second kappa shape index (κ2) is 8.23. The first-order chi connectivity index (χ1) is 14.1. The molecular formula is C20H15ClFN5OS. The van der Waals surface area contributed by atoms with Crippen LogP contribution in [0.3, 0.4) is 0 Å². The molecule has 0 bridgehead atoms. The van der Waals surface area contributed by atoms with E-state index in [1.807, 2.05) is 10.6 Å². The summed E-state index contributed by atoms with van der Waals surface area (Å²) in [5.41, 5.74) is 1.25. The van der Waals surface area contributed by atoms with Crippen LogP contribution in [0, 0.1) is 17.1 Å². The van der Waals surface area contributed by atoms with Crippen molar-refractivity contribution in [1.82, 2.24) is 14.8 Å². The molecule has 0 unspecified atom stereocenters. The topological polar surface area (TPSA) is 83.6 Å². The van der Waals surface area contributed by atoms with Crippen molar-refractivity contribution >= 4 is 35.0 Å². The van der Waals surface area contributed by atoms with Gasteiger partial charge < -0.3 is 5.32 Å². The highest BCUT2D eigenvalue weighted by Crippen LogP contribution is 2.41. The molecule has 0 saturated heterocycles. The number of thioether (sulfide) groups is 1. The van der Waals surface area contributed by atoms with Gasteiger partial charge in [-0.2, -0.15) is 5.26 Å². The van der Waals surface area contributed by atoms with E-state index in [-0.39, 0.29) is 28.5 Å². The van der Waals surface area contributed by atoms with Crippen LogP contribution in [-0.2, 0) is 4.79 Å². The Balaban J connectivity index is 1.48. The fourth-order valence-electron chi connectivity index (χ4n) is 2.87. The molecule has 0 aliphatic heterocycles. The molecule has 9 heteroatoms. The highest BCUT2D eigenvalue weighted by Gasteiger charge is 2.31. The molecule has 0 radical (unpaired) electrons. The number of carbonyl (C=O) groups excluding carboxylic acids is 1. The number of hydrogen-bond donors (Lipinski definition) is 1. The molecule has 1 amide bonds. The van der Waals surface area contributed by atoms with Gasteiger partial charge in [0.2, 0.25) is 5.91 Å². The molecule has 1 aliphatic carbocycles. The molecule has 1 aromatic heterocycles. The lowest BCUT2D eigenvalue weighted by molar-refractivity contribution is -0.113. The predicted octanol–water partition coefficient (Wildman–Crippen LogP) is 4.67. The maximum absolute atomic E-state index is 14.2. The Labute approximate surface area is 175 Å². The average molecular weight is 428 g/mol. The molecule has 0 spiro atoms. The van der Waals surface area contributed by atoms with Gasteiger partial charge >= 0.3 is 0 Å². The van der Waals surface area contributed by atoms with Crippen molar-refractivity contribution in [3.63, 3.8) is 0 Å². The maximum Gasteiger partial charge on any atom is 0.234 e. The third-order valence-electron chi connectivity index (χ3n) is 4.40. The minimum absolute atomic E-state index is 0.111. The summed E-state index contributed by atoms with van der Waals surface area (Å²) in [5.74, 6) is -0.00513. The Hall–Kier alpha value is -2.89. The molecule has 0 atom stereocenters. The lowest BCUT2D eigenvalue weighted by Gasteiger charge is -2.10. The quantitative estimate of drug-likeness (QED) is 0.577. The van der Waals surface area contributed by atoms with Gasteiger partial charge in [0.15, 0.2) is 11.0 Å². The second-order valence-corrected chi connectivity index (χ2v) is 7.88. The lowest BCUT2D eigenvalue weighted by Crippen LogP contribution is -2.14. The number of nitrogens with one attached hydrogen (secondary N) is 1. The second-order valence-electron chi connectivity index (χ2n) is 6.53. The van der Waals surface area contributed by atoms with Crippen molar-refractivity contribution in [2.75, 3.05) is 11.1 Å². The number of amides is 1. The number of nitrogens with zero attached hydrogens (tertiary/aromatic N) is 4. The monoisotopic (exact) mass is 427 g/mol. The standard InChI is InChI=1S/C20H15ClFN5OS/c21-16-9-13(6-5-12(16)10-23)24-18(28)11-29-20-26-25-19(27(20)14-7-8-14)15-3-1-2-4-17(15)22/h1-6,9,14H,7-8,11H2,(H,24,28). The Kier molecular flexibility index (Phi) is 5.51. The van der Waals surface area contributed by atoms with Crippen LogP contribution in [0.15, 0.2) is 47.6 Å². The number of aromatic nitrogens is 3. The van der Waals surface area contributed by atoms with Crippen LogP contribution in [0.2, 0.25) is 5.02 Å². The van der Waals surface area contributed by atoms with Crippen LogP contribution >= 0.6 is 23.4 Å². The number of rotatable bonds is 6. The molecule has 6 nitrogen and oxygen atoms in total. The van der Waals surface area contributed by atoms with Gasteiger partial charge in [-0.3, -0.25) is 9.36 Å².